The van der Waals surface area contributed by atoms with Gasteiger partial charge in [-0.05, 0) is 175 Å². The van der Waals surface area contributed by atoms with E-state index in [1.165, 1.54) is 18.2 Å². The molecule has 0 spiro atoms. The van der Waals surface area contributed by atoms with E-state index in [0.717, 1.165) is 118 Å². The summed E-state index contributed by atoms with van der Waals surface area (Å²) in [7, 11) is -14.0. The van der Waals surface area contributed by atoms with E-state index in [2.05, 4.69) is 105 Å². The number of benzene rings is 5. The quantitative estimate of drug-likeness (QED) is 0.0366. The standard InChI is InChI=1S/C62H70N2O10S3.3Na/c1-9-11-13-34-63-53-30-28-49-42(4)39-48(76(69,70)71)40-52(49)60(53)62(7,8)57(63)33-26-45-18-16-17-44(58(45)46-23-20-43(21-24-46)22-27-47(65)19-12-10-2)25-32-56-61(5,6)59-51-37-41(3)38-55(77(72,73)74)50(51)29-31-54(59)64(56)35-14-15-36-75(66,67)68;;;/h2,20-21,23-26,28-33,37-40H,9,11-19,22,27,34-36H2,1,3-8H3,(H2-,66,67,68,69,70,71,72,73,74);;;/q;3*+1/p-2. The Morgan fingerprint density at radius 2 is 1.43 bits per heavy atom. The van der Waals surface area contributed by atoms with Crippen LogP contribution in [0.3, 0.4) is 0 Å². The number of fused-ring (bicyclic) bond motifs is 6. The number of allylic oxidation sites excluding steroid dienone is 8. The minimum Gasteiger partial charge on any atom is -0.748 e. The van der Waals surface area contributed by atoms with E-state index >= 15 is 0 Å². The molecule has 0 bridgehead atoms. The number of nitrogens with zero attached hydrogens (tertiary/aromatic N) is 2. The summed E-state index contributed by atoms with van der Waals surface area (Å²) in [4.78, 5) is 14.2. The third-order valence-corrected chi connectivity index (χ3v) is 18.2. The maximum absolute atomic E-state index is 12.7. The molecule has 80 heavy (non-hydrogen) atoms. The predicted molar refractivity (Wildman–Crippen MR) is 304 cm³/mol. The summed E-state index contributed by atoms with van der Waals surface area (Å²) in [6, 6.07) is 22.2. The average molecular weight is 1170 g/mol. The first kappa shape index (κ1) is 67.8. The van der Waals surface area contributed by atoms with Crippen molar-refractivity contribution < 1.29 is 137 Å². The molecule has 1 aliphatic carbocycles. The van der Waals surface area contributed by atoms with Gasteiger partial charge in [0.1, 0.15) is 32.6 Å². The molecule has 0 N–H and O–H groups in total. The molecule has 0 atom stereocenters. The number of Topliss-reactive ketones (excluding diaryl/α,β-unsaturated/α-hetero) is 1. The molecule has 0 saturated carbocycles. The van der Waals surface area contributed by atoms with Gasteiger partial charge in [-0.2, -0.15) is 4.58 Å². The van der Waals surface area contributed by atoms with Gasteiger partial charge < -0.3 is 18.6 Å². The molecule has 0 aromatic heterocycles. The summed E-state index contributed by atoms with van der Waals surface area (Å²) in [5, 5.41) is 2.57. The minimum atomic E-state index is -4.84. The van der Waals surface area contributed by atoms with Crippen molar-refractivity contribution in [2.75, 3.05) is 23.7 Å². The molecule has 2 aliphatic heterocycles. The molecule has 406 valence electrons. The van der Waals surface area contributed by atoms with E-state index < -0.39 is 46.9 Å². The summed E-state index contributed by atoms with van der Waals surface area (Å²) in [6.07, 6.45) is 21.6. The number of unbranched alkanes of at least 4 members (excludes halogenated alkanes) is 3. The number of hydrogen-bond acceptors (Lipinski definition) is 11. The molecule has 0 unspecified atom stereocenters. The van der Waals surface area contributed by atoms with Crippen molar-refractivity contribution in [3.05, 3.63) is 147 Å². The molecule has 2 heterocycles. The van der Waals surface area contributed by atoms with E-state index in [1.54, 1.807) is 13.0 Å². The van der Waals surface area contributed by atoms with Crippen molar-refractivity contribution in [1.82, 2.24) is 0 Å². The Labute approximate surface area is 540 Å². The Morgan fingerprint density at radius 3 is 2.08 bits per heavy atom. The van der Waals surface area contributed by atoms with Crippen LogP contribution in [0, 0.1) is 26.2 Å². The van der Waals surface area contributed by atoms with E-state index in [1.807, 2.05) is 25.1 Å². The van der Waals surface area contributed by atoms with E-state index in [-0.39, 0.29) is 111 Å². The number of carbonyl (C=O) groups is 1. The second-order valence-electron chi connectivity index (χ2n) is 21.9. The summed E-state index contributed by atoms with van der Waals surface area (Å²) in [5.41, 5.74) is 10.7. The summed E-state index contributed by atoms with van der Waals surface area (Å²) < 4.78 is 113. The van der Waals surface area contributed by atoms with Crippen LogP contribution in [0.2, 0.25) is 0 Å². The van der Waals surface area contributed by atoms with E-state index in [4.69, 9.17) is 6.42 Å². The number of aryl methyl sites for hydroxylation is 3. The molecule has 0 fully saturated rings. The zero-order chi connectivity index (χ0) is 55.8. The van der Waals surface area contributed by atoms with Gasteiger partial charge in [-0.1, -0.05) is 75.7 Å². The third kappa shape index (κ3) is 14.7. The van der Waals surface area contributed by atoms with Crippen LogP contribution in [0.25, 0.3) is 27.1 Å². The fourth-order valence-electron chi connectivity index (χ4n) is 12.0. The molecule has 12 nitrogen and oxygen atoms in total. The average Bonchev–Trinajstić information content (AvgIpc) is 3.87. The number of terminal acetylenes is 1. The molecule has 8 rings (SSSR count). The summed E-state index contributed by atoms with van der Waals surface area (Å²) in [6.45, 7) is 15.3. The van der Waals surface area contributed by atoms with Crippen LogP contribution in [0.5, 0.6) is 0 Å². The number of ketones is 1. The summed E-state index contributed by atoms with van der Waals surface area (Å²) >= 11 is 0. The Kier molecular flexibility index (Phi) is 23.2. The van der Waals surface area contributed by atoms with Crippen LogP contribution in [0.1, 0.15) is 139 Å². The Balaban J connectivity index is 0.00000392. The van der Waals surface area contributed by atoms with Gasteiger partial charge in [-0.3, -0.25) is 4.79 Å². The number of hydrogen-bond donors (Lipinski definition) is 0. The van der Waals surface area contributed by atoms with Crippen LogP contribution in [-0.2, 0) is 52.4 Å². The van der Waals surface area contributed by atoms with Gasteiger partial charge in [-0.25, -0.2) is 25.3 Å². The normalized spacial score (nSPS) is 16.9. The fourth-order valence-corrected chi connectivity index (χ4v) is 13.9. The molecule has 0 saturated heterocycles. The third-order valence-electron chi connectivity index (χ3n) is 15.7. The molecular weight excluding hydrogens is 1100 g/mol. The predicted octanol–water partition coefficient (Wildman–Crippen LogP) is 3.04. The van der Waals surface area contributed by atoms with Crippen molar-refractivity contribution in [2.24, 2.45) is 0 Å². The maximum Gasteiger partial charge on any atom is 1.00 e. The SMILES string of the molecule is C#CCCC(=O)CCc1ccc(C2=C(/C=C/C3=[N+](CCCCC)c4ccc5c(C)cc(S(=O)(=O)[O-])cc5c4C3(C)C)CCC/C2=C\C=C2\N(CCCCS(=O)(=O)[O-])c3ccc4c(S(=O)(=O)[O-])cc(C)cc4c3C2(C)C)cc1.[Na+].[Na+].[Na+]. The van der Waals surface area contributed by atoms with Gasteiger partial charge in [-0.15, -0.1) is 12.3 Å². The van der Waals surface area contributed by atoms with Gasteiger partial charge in [0.15, 0.2) is 5.71 Å². The molecular formula is C62H68N2Na3O10S3+. The van der Waals surface area contributed by atoms with Gasteiger partial charge >= 0.3 is 88.7 Å². The van der Waals surface area contributed by atoms with Gasteiger partial charge in [0.25, 0.3) is 0 Å². The molecule has 5 aromatic carbocycles. The largest absolute Gasteiger partial charge is 1.00 e. The van der Waals surface area contributed by atoms with Crippen LogP contribution >= 0.6 is 0 Å². The first-order chi connectivity index (χ1) is 36.3. The molecule has 3 aliphatic rings. The van der Waals surface area contributed by atoms with E-state index in [0.29, 0.717) is 60.5 Å². The van der Waals surface area contributed by atoms with E-state index in [9.17, 15) is 43.7 Å². The maximum atomic E-state index is 12.7. The number of rotatable bonds is 20. The topological polar surface area (TPSA) is 195 Å². The fraction of sp³-hybridized carbons (Fsp3) is 0.387. The first-order valence-corrected chi connectivity index (χ1v) is 31.0. The minimum absolute atomic E-state index is 0. The Bertz CT molecular complexity index is 3780. The molecule has 0 radical (unpaired) electrons. The van der Waals surface area contributed by atoms with Crippen molar-refractivity contribution in [1.29, 1.82) is 0 Å². The van der Waals surface area contributed by atoms with Crippen LogP contribution in [0.4, 0.5) is 11.4 Å². The van der Waals surface area contributed by atoms with Crippen molar-refractivity contribution >= 4 is 80.3 Å². The Morgan fingerprint density at radius 1 is 0.738 bits per heavy atom. The molecule has 5 aromatic rings. The van der Waals surface area contributed by atoms with Crippen molar-refractivity contribution in [2.45, 2.75) is 146 Å². The van der Waals surface area contributed by atoms with Crippen molar-refractivity contribution in [3.8, 4) is 12.3 Å². The number of anilines is 1. The monoisotopic (exact) mass is 1170 g/mol. The molecule has 0 amide bonds. The van der Waals surface area contributed by atoms with Crippen LogP contribution in [-0.4, -0.2) is 73.8 Å². The van der Waals surface area contributed by atoms with Gasteiger partial charge in [0.2, 0.25) is 5.69 Å². The van der Waals surface area contributed by atoms with Crippen LogP contribution < -0.4 is 93.6 Å². The second kappa shape index (κ2) is 27.4. The Hall–Kier alpha value is -2.99. The van der Waals surface area contributed by atoms with Gasteiger partial charge in [0, 0.05) is 72.5 Å². The summed E-state index contributed by atoms with van der Waals surface area (Å²) in [5.74, 6) is 2.16. The second-order valence-corrected chi connectivity index (χ2v) is 26.2. The zero-order valence-corrected chi connectivity index (χ0v) is 56.6. The first-order valence-electron chi connectivity index (χ1n) is 26.6. The number of carbonyl (C=O) groups excluding carboxylic acids is 1. The smallest absolute Gasteiger partial charge is 0.748 e. The van der Waals surface area contributed by atoms with Crippen LogP contribution in [0.15, 0.2) is 124 Å². The van der Waals surface area contributed by atoms with Crippen molar-refractivity contribution in [3.63, 3.8) is 0 Å². The van der Waals surface area contributed by atoms with Gasteiger partial charge in [0.05, 0.1) is 25.3 Å². The molecule has 18 heteroatoms. The zero-order valence-electron chi connectivity index (χ0n) is 48.1.